The van der Waals surface area contributed by atoms with Gasteiger partial charge >= 0.3 is 7.12 Å². The molecule has 0 unspecified atom stereocenters. The molecule has 3 nitrogen and oxygen atoms in total. The molecule has 2 aromatic carbocycles. The molecule has 0 saturated carbocycles. The molecule has 1 aliphatic heterocycles. The van der Waals surface area contributed by atoms with E-state index >= 15 is 0 Å². The van der Waals surface area contributed by atoms with E-state index in [2.05, 4.69) is 0 Å². The third-order valence-electron chi connectivity index (χ3n) is 4.98. The lowest BCUT2D eigenvalue weighted by Crippen LogP contribution is -2.41. The van der Waals surface area contributed by atoms with E-state index in [4.69, 9.17) is 14.0 Å². The second-order valence-corrected chi connectivity index (χ2v) is 7.41. The van der Waals surface area contributed by atoms with E-state index in [0.29, 0.717) is 13.2 Å². The molecule has 0 spiro atoms. The Bertz CT molecular complexity index is 715. The molecule has 2 aromatic rings. The molecule has 0 aromatic heterocycles. The van der Waals surface area contributed by atoms with Gasteiger partial charge in [0.1, 0.15) is 5.82 Å². The largest absolute Gasteiger partial charge is 0.495 e. The van der Waals surface area contributed by atoms with Crippen molar-refractivity contribution in [2.75, 3.05) is 0 Å². The fourth-order valence-electron chi connectivity index (χ4n) is 2.75. The molecular weight excluding hydrogens is 318 g/mol. The maximum Gasteiger partial charge on any atom is 0.495 e. The molecule has 0 bridgehead atoms. The van der Waals surface area contributed by atoms with Gasteiger partial charge in [-0.2, -0.15) is 0 Å². The topological polar surface area (TPSA) is 27.7 Å². The molecule has 1 heterocycles. The Morgan fingerprint density at radius 2 is 1.56 bits per heavy atom. The van der Waals surface area contributed by atoms with Gasteiger partial charge in [-0.05, 0) is 56.4 Å². The molecule has 1 saturated heterocycles. The minimum atomic E-state index is -0.527. The van der Waals surface area contributed by atoms with E-state index in [0.717, 1.165) is 16.6 Å². The highest BCUT2D eigenvalue weighted by Gasteiger charge is 2.52. The van der Waals surface area contributed by atoms with E-state index in [1.54, 1.807) is 6.07 Å². The molecule has 0 radical (unpaired) electrons. The smallest absolute Gasteiger partial charge is 0.399 e. The summed E-state index contributed by atoms with van der Waals surface area (Å²) in [6.45, 7) is 8.78. The molecule has 1 fully saturated rings. The lowest BCUT2D eigenvalue weighted by molar-refractivity contribution is 0.00578. The first-order valence-corrected chi connectivity index (χ1v) is 8.54. The molecule has 0 aliphatic carbocycles. The zero-order valence-electron chi connectivity index (χ0n) is 15.2. The molecule has 3 rings (SSSR count). The standard InChI is InChI=1S/C20H24BFO3/c1-19(2)20(3,4)25-21(24-19)18-11-10-17(22)12-16(18)14-23-13-15-8-6-5-7-9-15/h5-12H,13-14H2,1-4H3. The van der Waals surface area contributed by atoms with Crippen LogP contribution in [0.3, 0.4) is 0 Å². The van der Waals surface area contributed by atoms with Crippen LogP contribution in [0, 0.1) is 5.82 Å². The second-order valence-electron chi connectivity index (χ2n) is 7.41. The Hall–Kier alpha value is -1.69. The quantitative estimate of drug-likeness (QED) is 0.773. The SMILES string of the molecule is CC1(C)OB(c2ccc(F)cc2COCc2ccccc2)OC1(C)C. The Morgan fingerprint density at radius 3 is 2.20 bits per heavy atom. The molecule has 1 aliphatic rings. The normalized spacial score (nSPS) is 18.5. The highest BCUT2D eigenvalue weighted by atomic mass is 19.1. The average Bonchev–Trinajstić information content (AvgIpc) is 2.76. The fraction of sp³-hybridized carbons (Fsp3) is 0.400. The Kier molecular flexibility index (Phi) is 5.00. The second kappa shape index (κ2) is 6.91. The van der Waals surface area contributed by atoms with Gasteiger partial charge in [0.25, 0.3) is 0 Å². The first-order chi connectivity index (χ1) is 11.8. The minimum Gasteiger partial charge on any atom is -0.399 e. The predicted octanol–water partition coefficient (Wildman–Crippen LogP) is 3.84. The summed E-state index contributed by atoms with van der Waals surface area (Å²) in [5, 5.41) is 0. The Balaban J connectivity index is 1.75. The van der Waals surface area contributed by atoms with E-state index in [1.165, 1.54) is 12.1 Å². The van der Waals surface area contributed by atoms with Crippen molar-refractivity contribution < 1.29 is 18.4 Å². The molecule has 0 N–H and O–H groups in total. The van der Waals surface area contributed by atoms with Crippen molar-refractivity contribution in [1.82, 2.24) is 0 Å². The van der Waals surface area contributed by atoms with Gasteiger partial charge in [0.2, 0.25) is 0 Å². The van der Waals surface area contributed by atoms with Crippen LogP contribution in [-0.4, -0.2) is 18.3 Å². The van der Waals surface area contributed by atoms with Gasteiger partial charge in [-0.25, -0.2) is 4.39 Å². The van der Waals surface area contributed by atoms with Gasteiger partial charge in [-0.3, -0.25) is 0 Å². The van der Waals surface area contributed by atoms with Crippen LogP contribution in [0.1, 0.15) is 38.8 Å². The molecule has 0 amide bonds. The van der Waals surface area contributed by atoms with Gasteiger partial charge in [-0.1, -0.05) is 36.4 Å². The van der Waals surface area contributed by atoms with Crippen molar-refractivity contribution in [2.24, 2.45) is 0 Å². The maximum atomic E-state index is 13.8. The number of halogens is 1. The van der Waals surface area contributed by atoms with Crippen molar-refractivity contribution >= 4 is 12.6 Å². The molecular formula is C20H24BFO3. The zero-order chi connectivity index (χ0) is 18.1. The van der Waals surface area contributed by atoms with Crippen molar-refractivity contribution in [2.45, 2.75) is 52.1 Å². The first-order valence-electron chi connectivity index (χ1n) is 8.54. The number of ether oxygens (including phenoxy) is 1. The predicted molar refractivity (Wildman–Crippen MR) is 97.1 cm³/mol. The summed E-state index contributed by atoms with van der Waals surface area (Å²) in [6, 6.07) is 14.5. The summed E-state index contributed by atoms with van der Waals surface area (Å²) in [5.74, 6) is -0.293. The molecule has 25 heavy (non-hydrogen) atoms. The van der Waals surface area contributed by atoms with Gasteiger partial charge in [0.15, 0.2) is 0 Å². The molecule has 132 valence electrons. The number of hydrogen-bond acceptors (Lipinski definition) is 3. The van der Waals surface area contributed by atoms with E-state index in [1.807, 2.05) is 58.0 Å². The fourth-order valence-corrected chi connectivity index (χ4v) is 2.75. The van der Waals surface area contributed by atoms with Crippen LogP contribution in [0.2, 0.25) is 0 Å². The lowest BCUT2D eigenvalue weighted by Gasteiger charge is -2.32. The van der Waals surface area contributed by atoms with Crippen LogP contribution in [0.4, 0.5) is 4.39 Å². The number of benzene rings is 2. The van der Waals surface area contributed by atoms with Crippen LogP contribution in [0.25, 0.3) is 0 Å². The summed E-state index contributed by atoms with van der Waals surface area (Å²) in [4.78, 5) is 0. The van der Waals surface area contributed by atoms with Gasteiger partial charge in [-0.15, -0.1) is 0 Å². The van der Waals surface area contributed by atoms with Crippen LogP contribution in [0.15, 0.2) is 48.5 Å². The van der Waals surface area contributed by atoms with E-state index < -0.39 is 18.3 Å². The number of hydrogen-bond donors (Lipinski definition) is 0. The summed E-state index contributed by atoms with van der Waals surface area (Å²) >= 11 is 0. The molecule has 0 atom stereocenters. The van der Waals surface area contributed by atoms with Crippen LogP contribution < -0.4 is 5.46 Å². The van der Waals surface area contributed by atoms with Crippen LogP contribution in [-0.2, 0) is 27.3 Å². The summed E-state index contributed by atoms with van der Waals surface area (Å²) < 4.78 is 31.7. The van der Waals surface area contributed by atoms with E-state index in [9.17, 15) is 4.39 Å². The third kappa shape index (κ3) is 3.95. The molecule has 5 heteroatoms. The highest BCUT2D eigenvalue weighted by Crippen LogP contribution is 2.36. The van der Waals surface area contributed by atoms with Gasteiger partial charge < -0.3 is 14.0 Å². The van der Waals surface area contributed by atoms with Crippen molar-refractivity contribution in [3.8, 4) is 0 Å². The van der Waals surface area contributed by atoms with Crippen molar-refractivity contribution in [1.29, 1.82) is 0 Å². The Morgan fingerprint density at radius 1 is 0.920 bits per heavy atom. The maximum absolute atomic E-state index is 13.8. The van der Waals surface area contributed by atoms with Gasteiger partial charge in [0.05, 0.1) is 24.4 Å². The number of rotatable bonds is 5. The van der Waals surface area contributed by atoms with E-state index in [-0.39, 0.29) is 5.82 Å². The van der Waals surface area contributed by atoms with Crippen LogP contribution >= 0.6 is 0 Å². The van der Waals surface area contributed by atoms with Gasteiger partial charge in [0, 0.05) is 0 Å². The lowest BCUT2D eigenvalue weighted by atomic mass is 9.76. The first kappa shape index (κ1) is 18.1. The minimum absolute atomic E-state index is 0.293. The third-order valence-corrected chi connectivity index (χ3v) is 4.98. The Labute approximate surface area is 149 Å². The summed E-state index contributed by atoms with van der Waals surface area (Å²) in [6.07, 6.45) is 0. The average molecular weight is 342 g/mol. The monoisotopic (exact) mass is 342 g/mol. The zero-order valence-corrected chi connectivity index (χ0v) is 15.2. The van der Waals surface area contributed by atoms with Crippen molar-refractivity contribution in [3.63, 3.8) is 0 Å². The highest BCUT2D eigenvalue weighted by molar-refractivity contribution is 6.62. The van der Waals surface area contributed by atoms with Crippen molar-refractivity contribution in [3.05, 3.63) is 65.5 Å². The van der Waals surface area contributed by atoms with Crippen LogP contribution in [0.5, 0.6) is 0 Å². The summed E-state index contributed by atoms with van der Waals surface area (Å²) in [5.41, 5.74) is 1.77. The summed E-state index contributed by atoms with van der Waals surface area (Å²) in [7, 11) is -0.527.